The third kappa shape index (κ3) is 2.92. The molecule has 0 N–H and O–H groups in total. The lowest BCUT2D eigenvalue weighted by Gasteiger charge is -2.23. The average molecular weight is 414 g/mol. The number of rotatable bonds is 4. The molecule has 0 unspecified atom stereocenters. The first-order valence-electron chi connectivity index (χ1n) is 8.70. The quantitative estimate of drug-likeness (QED) is 0.564. The Morgan fingerprint density at radius 3 is 2.52 bits per heavy atom. The van der Waals surface area contributed by atoms with Gasteiger partial charge in [-0.2, -0.15) is 5.10 Å². The van der Waals surface area contributed by atoms with Crippen molar-refractivity contribution in [1.29, 1.82) is 0 Å². The number of ether oxygens (including phenoxy) is 2. The second-order valence-corrected chi connectivity index (χ2v) is 6.84. The van der Waals surface area contributed by atoms with Gasteiger partial charge in [-0.15, -0.1) is 0 Å². The molecule has 0 radical (unpaired) electrons. The highest BCUT2D eigenvalue weighted by Gasteiger charge is 2.59. The van der Waals surface area contributed by atoms with Crippen LogP contribution in [0.25, 0.3) is 0 Å². The maximum Gasteiger partial charge on any atom is 0.355 e. The van der Waals surface area contributed by atoms with E-state index >= 15 is 0 Å². The van der Waals surface area contributed by atoms with Crippen molar-refractivity contribution in [3.8, 4) is 5.75 Å². The Balaban J connectivity index is 1.83. The van der Waals surface area contributed by atoms with Crippen molar-refractivity contribution >= 4 is 46.5 Å². The summed E-state index contributed by atoms with van der Waals surface area (Å²) in [6.07, 6.45) is 0. The largest absolute Gasteiger partial charge is 0.495 e. The van der Waals surface area contributed by atoms with Crippen molar-refractivity contribution in [2.24, 2.45) is 11.0 Å². The van der Waals surface area contributed by atoms with E-state index in [4.69, 9.17) is 21.1 Å². The Morgan fingerprint density at radius 1 is 1.07 bits per heavy atom. The van der Waals surface area contributed by atoms with Crippen molar-refractivity contribution < 1.29 is 23.9 Å². The number of hydrazone groups is 1. The van der Waals surface area contributed by atoms with E-state index in [2.05, 4.69) is 5.10 Å². The monoisotopic (exact) mass is 413 g/mol. The van der Waals surface area contributed by atoms with E-state index in [0.717, 1.165) is 4.90 Å². The van der Waals surface area contributed by atoms with Crippen LogP contribution in [0.1, 0.15) is 0 Å². The second-order valence-electron chi connectivity index (χ2n) is 6.41. The van der Waals surface area contributed by atoms with Crippen LogP contribution < -0.4 is 14.6 Å². The summed E-state index contributed by atoms with van der Waals surface area (Å²) in [6, 6.07) is 12.3. The van der Waals surface area contributed by atoms with Gasteiger partial charge in [0.15, 0.2) is 5.71 Å². The molecule has 29 heavy (non-hydrogen) atoms. The van der Waals surface area contributed by atoms with Crippen molar-refractivity contribution in [2.45, 2.75) is 6.04 Å². The smallest absolute Gasteiger partial charge is 0.355 e. The minimum atomic E-state index is -1.10. The molecule has 1 saturated heterocycles. The molecule has 2 heterocycles. The highest BCUT2D eigenvalue weighted by Crippen LogP contribution is 2.40. The fraction of sp³-hybridized carbons (Fsp3) is 0.200. The van der Waals surface area contributed by atoms with E-state index in [1.165, 1.54) is 19.2 Å². The molecule has 8 nitrogen and oxygen atoms in total. The number of benzene rings is 2. The Labute approximate surface area is 171 Å². The summed E-state index contributed by atoms with van der Waals surface area (Å²) in [5, 5.41) is 6.02. The van der Waals surface area contributed by atoms with Gasteiger partial charge in [0, 0.05) is 5.02 Å². The predicted molar refractivity (Wildman–Crippen MR) is 106 cm³/mol. The first-order chi connectivity index (χ1) is 14.0. The third-order valence-electron chi connectivity index (χ3n) is 4.84. The van der Waals surface area contributed by atoms with Crippen molar-refractivity contribution in [3.63, 3.8) is 0 Å². The van der Waals surface area contributed by atoms with E-state index in [0.29, 0.717) is 22.1 Å². The van der Waals surface area contributed by atoms with E-state index < -0.39 is 29.7 Å². The summed E-state index contributed by atoms with van der Waals surface area (Å²) in [5.74, 6) is -2.60. The zero-order valence-electron chi connectivity index (χ0n) is 15.5. The second kappa shape index (κ2) is 7.21. The van der Waals surface area contributed by atoms with Gasteiger partial charge in [0.05, 0.1) is 25.6 Å². The molecule has 0 bridgehead atoms. The third-order valence-corrected chi connectivity index (χ3v) is 5.08. The first-order valence-corrected chi connectivity index (χ1v) is 9.08. The molecule has 1 fully saturated rings. The number of amides is 2. The van der Waals surface area contributed by atoms with Crippen LogP contribution >= 0.6 is 11.6 Å². The van der Waals surface area contributed by atoms with Gasteiger partial charge < -0.3 is 9.47 Å². The molecule has 4 rings (SSSR count). The van der Waals surface area contributed by atoms with Crippen LogP contribution in [0.15, 0.2) is 53.6 Å². The summed E-state index contributed by atoms with van der Waals surface area (Å²) >= 11 is 6.08. The fourth-order valence-corrected chi connectivity index (χ4v) is 3.76. The molecule has 2 aromatic carbocycles. The van der Waals surface area contributed by atoms with Crippen LogP contribution in [-0.4, -0.2) is 43.8 Å². The molecule has 9 heteroatoms. The van der Waals surface area contributed by atoms with Crippen LogP contribution in [0.4, 0.5) is 11.4 Å². The fourth-order valence-electron chi connectivity index (χ4n) is 3.57. The molecule has 148 valence electrons. The first kappa shape index (κ1) is 18.9. The lowest BCUT2D eigenvalue weighted by atomic mass is 9.98. The minimum Gasteiger partial charge on any atom is -0.495 e. The van der Waals surface area contributed by atoms with Gasteiger partial charge in [0.2, 0.25) is 5.91 Å². The van der Waals surface area contributed by atoms with Crippen molar-refractivity contribution in [3.05, 3.63) is 53.6 Å². The summed E-state index contributed by atoms with van der Waals surface area (Å²) in [6.45, 7) is 0. The predicted octanol–water partition coefficient (Wildman–Crippen LogP) is 2.26. The van der Waals surface area contributed by atoms with Gasteiger partial charge in [-0.05, 0) is 30.3 Å². The number of esters is 1. The molecule has 0 saturated carbocycles. The molecule has 2 aliphatic heterocycles. The molecule has 0 aromatic heterocycles. The van der Waals surface area contributed by atoms with Crippen LogP contribution in [0.5, 0.6) is 5.75 Å². The Morgan fingerprint density at radius 2 is 1.83 bits per heavy atom. The number of carbonyl (C=O) groups is 3. The van der Waals surface area contributed by atoms with Gasteiger partial charge in [-0.3, -0.25) is 14.6 Å². The molecule has 0 aliphatic carbocycles. The number of hydrogen-bond donors (Lipinski definition) is 0. The maximum atomic E-state index is 13.3. The SMILES string of the molecule is COC(=O)C1=NN(c2cccc(Cl)c2)[C@@H]2C(=O)N(c3ccccc3OC)C(=O)[C@@H]12. The van der Waals surface area contributed by atoms with Crippen LogP contribution in [0, 0.1) is 5.92 Å². The lowest BCUT2D eigenvalue weighted by Crippen LogP contribution is -2.39. The average Bonchev–Trinajstić information content (AvgIpc) is 3.24. The number of para-hydroxylation sites is 2. The molecule has 2 amide bonds. The molecule has 2 atom stereocenters. The standard InChI is InChI=1S/C20H16ClN3O5/c1-28-14-9-4-3-8-13(14)23-18(25)15-16(20(27)29-2)22-24(17(15)19(23)26)12-7-5-6-11(21)10-12/h3-10,15,17H,1-2H3/t15-,17-/m0/s1. The number of hydrogen-bond acceptors (Lipinski definition) is 7. The Hall–Kier alpha value is -3.39. The summed E-state index contributed by atoms with van der Waals surface area (Å²) in [5.41, 5.74) is 0.650. The number of methoxy groups -OCH3 is 2. The lowest BCUT2D eigenvalue weighted by molar-refractivity contribution is -0.133. The topological polar surface area (TPSA) is 88.5 Å². The van der Waals surface area contributed by atoms with Gasteiger partial charge in [-0.25, -0.2) is 9.69 Å². The number of carbonyl (C=O) groups excluding carboxylic acids is 3. The van der Waals surface area contributed by atoms with Gasteiger partial charge in [-0.1, -0.05) is 29.8 Å². The maximum absolute atomic E-state index is 13.3. The zero-order chi connectivity index (χ0) is 20.7. The molecule has 2 aromatic rings. The molecular weight excluding hydrogens is 398 g/mol. The van der Waals surface area contributed by atoms with Crippen LogP contribution in [-0.2, 0) is 19.1 Å². The number of halogens is 1. The van der Waals surface area contributed by atoms with Crippen LogP contribution in [0.2, 0.25) is 5.02 Å². The van der Waals surface area contributed by atoms with Gasteiger partial charge in [0.25, 0.3) is 5.91 Å². The molecular formula is C20H16ClN3O5. The zero-order valence-corrected chi connectivity index (χ0v) is 16.3. The number of imide groups is 1. The van der Waals surface area contributed by atoms with Gasteiger partial charge >= 0.3 is 5.97 Å². The normalized spacial score (nSPS) is 20.6. The van der Waals surface area contributed by atoms with Crippen molar-refractivity contribution in [2.75, 3.05) is 24.1 Å². The summed E-state index contributed by atoms with van der Waals surface area (Å²) < 4.78 is 10.1. The van der Waals surface area contributed by atoms with Gasteiger partial charge in [0.1, 0.15) is 17.7 Å². The number of anilines is 2. The Bertz CT molecular complexity index is 1050. The summed E-state index contributed by atoms with van der Waals surface area (Å²) in [4.78, 5) is 39.9. The number of fused-ring (bicyclic) bond motifs is 1. The highest BCUT2D eigenvalue weighted by atomic mass is 35.5. The van der Waals surface area contributed by atoms with Crippen LogP contribution in [0.3, 0.4) is 0 Å². The summed E-state index contributed by atoms with van der Waals surface area (Å²) in [7, 11) is 2.64. The van der Waals surface area contributed by atoms with E-state index in [1.807, 2.05) is 0 Å². The number of nitrogens with zero attached hydrogens (tertiary/aromatic N) is 3. The van der Waals surface area contributed by atoms with Crippen molar-refractivity contribution in [1.82, 2.24) is 0 Å². The van der Waals surface area contributed by atoms with E-state index in [9.17, 15) is 14.4 Å². The van der Waals surface area contributed by atoms with E-state index in [1.54, 1.807) is 48.5 Å². The molecule has 2 aliphatic rings. The Kier molecular flexibility index (Phi) is 4.71. The molecule has 0 spiro atoms. The minimum absolute atomic E-state index is 0.131. The highest BCUT2D eigenvalue weighted by molar-refractivity contribution is 6.47. The van der Waals surface area contributed by atoms with E-state index in [-0.39, 0.29) is 5.71 Å².